The summed E-state index contributed by atoms with van der Waals surface area (Å²) in [7, 11) is 0. The lowest BCUT2D eigenvalue weighted by Crippen LogP contribution is -2.71. The van der Waals surface area contributed by atoms with E-state index >= 15 is 0 Å². The van der Waals surface area contributed by atoms with Crippen molar-refractivity contribution < 1.29 is 29.0 Å². The number of hydrogen-bond acceptors (Lipinski definition) is 7. The molecule has 150 valence electrons. The number of carbonyl (C=O) groups is 4. The van der Waals surface area contributed by atoms with E-state index in [9.17, 15) is 24.3 Å². The van der Waals surface area contributed by atoms with Crippen LogP contribution in [0, 0.1) is 0 Å². The van der Waals surface area contributed by atoms with E-state index in [1.807, 2.05) is 0 Å². The van der Waals surface area contributed by atoms with Gasteiger partial charge < -0.3 is 15.2 Å². The maximum Gasteiger partial charge on any atom is 0.352 e. The van der Waals surface area contributed by atoms with E-state index in [1.54, 1.807) is 19.3 Å². The van der Waals surface area contributed by atoms with Crippen molar-refractivity contribution in [3.05, 3.63) is 28.1 Å². The number of thioether (sulfide) groups is 1. The highest BCUT2D eigenvalue weighted by Crippen LogP contribution is 2.40. The summed E-state index contributed by atoms with van der Waals surface area (Å²) in [4.78, 5) is 48.8. The third-order valence-electron chi connectivity index (χ3n) is 4.34. The maximum absolute atomic E-state index is 12.6. The van der Waals surface area contributed by atoms with Crippen molar-refractivity contribution in [2.24, 2.45) is 0 Å². The number of ether oxygens (including phenoxy) is 1. The molecule has 2 N–H and O–H groups in total. The number of aromatic nitrogens is 2. The van der Waals surface area contributed by atoms with Crippen LogP contribution >= 0.6 is 27.7 Å². The number of halogens is 1. The van der Waals surface area contributed by atoms with Crippen LogP contribution in [0.15, 0.2) is 28.1 Å². The van der Waals surface area contributed by atoms with E-state index in [2.05, 4.69) is 26.3 Å². The van der Waals surface area contributed by atoms with Gasteiger partial charge >= 0.3 is 11.9 Å². The smallest absolute Gasteiger partial charge is 0.352 e. The second-order valence-electron chi connectivity index (χ2n) is 6.25. The van der Waals surface area contributed by atoms with Crippen LogP contribution in [0.3, 0.4) is 0 Å². The van der Waals surface area contributed by atoms with Crippen LogP contribution in [0.5, 0.6) is 0 Å². The van der Waals surface area contributed by atoms with E-state index in [-0.39, 0.29) is 18.1 Å². The quantitative estimate of drug-likeness (QED) is 0.452. The van der Waals surface area contributed by atoms with E-state index < -0.39 is 41.2 Å². The van der Waals surface area contributed by atoms with E-state index in [4.69, 9.17) is 4.74 Å². The zero-order valence-corrected chi connectivity index (χ0v) is 17.3. The van der Waals surface area contributed by atoms with Crippen molar-refractivity contribution in [1.82, 2.24) is 20.0 Å². The van der Waals surface area contributed by atoms with Gasteiger partial charge in [0.05, 0.1) is 10.7 Å². The number of fused-ring (bicyclic) bond motifs is 1. The Morgan fingerprint density at radius 2 is 2.21 bits per heavy atom. The average molecular weight is 473 g/mol. The zero-order chi connectivity index (χ0) is 20.6. The molecule has 2 amide bonds. The fourth-order valence-corrected chi connectivity index (χ4v) is 4.53. The minimum Gasteiger partial charge on any atom is -0.477 e. The second-order valence-corrected chi connectivity index (χ2v) is 8.27. The van der Waals surface area contributed by atoms with Crippen LogP contribution in [-0.2, 0) is 23.9 Å². The van der Waals surface area contributed by atoms with Gasteiger partial charge in [0.1, 0.15) is 29.8 Å². The Morgan fingerprint density at radius 3 is 2.79 bits per heavy atom. The zero-order valence-electron chi connectivity index (χ0n) is 14.9. The number of carboxylic acid groups (broad SMARTS) is 1. The van der Waals surface area contributed by atoms with E-state index in [0.717, 1.165) is 9.37 Å². The van der Waals surface area contributed by atoms with Crippen molar-refractivity contribution in [3.8, 4) is 0 Å². The third-order valence-corrected chi connectivity index (χ3v) is 6.09. The number of esters is 1. The molecule has 1 aromatic rings. The lowest BCUT2D eigenvalue weighted by Gasteiger charge is -2.49. The summed E-state index contributed by atoms with van der Waals surface area (Å²) in [6.45, 7) is 2.67. The van der Waals surface area contributed by atoms with Crippen molar-refractivity contribution >= 4 is 51.4 Å². The summed E-state index contributed by atoms with van der Waals surface area (Å²) in [6, 6.07) is -1.47. The van der Waals surface area contributed by atoms with Crippen LogP contribution in [-0.4, -0.2) is 67.3 Å². The van der Waals surface area contributed by atoms with E-state index in [1.165, 1.54) is 23.4 Å². The molecule has 12 heteroatoms. The van der Waals surface area contributed by atoms with Crippen molar-refractivity contribution in [2.45, 2.75) is 31.3 Å². The maximum atomic E-state index is 12.6. The molecule has 2 aliphatic heterocycles. The van der Waals surface area contributed by atoms with Crippen LogP contribution in [0.1, 0.15) is 19.9 Å². The molecular formula is C16H17BrN4O6S. The molecule has 0 aliphatic carbocycles. The van der Waals surface area contributed by atoms with Gasteiger partial charge in [0, 0.05) is 24.4 Å². The summed E-state index contributed by atoms with van der Waals surface area (Å²) < 4.78 is 7.06. The van der Waals surface area contributed by atoms with Gasteiger partial charge in [0.25, 0.3) is 5.91 Å². The summed E-state index contributed by atoms with van der Waals surface area (Å²) in [5.41, 5.74) is 0.154. The highest BCUT2D eigenvalue weighted by Gasteiger charge is 2.54. The van der Waals surface area contributed by atoms with Crippen molar-refractivity contribution in [2.75, 3.05) is 12.4 Å². The Morgan fingerprint density at radius 1 is 1.50 bits per heavy atom. The lowest BCUT2D eigenvalue weighted by molar-refractivity contribution is -0.151. The molecule has 1 saturated heterocycles. The topological polar surface area (TPSA) is 131 Å². The number of amides is 2. The largest absolute Gasteiger partial charge is 0.477 e. The molecule has 0 aromatic carbocycles. The van der Waals surface area contributed by atoms with Gasteiger partial charge in [0.2, 0.25) is 5.91 Å². The molecule has 1 fully saturated rings. The SMILES string of the molecule is CC(=O)OCC1=C(C(=O)O)N2C(=O)[C@H](NC(=O)[C@H](C)n3cc(Br)cn3)[C@@H]2SC1. The molecule has 3 rings (SSSR count). The number of nitrogens with zero attached hydrogens (tertiary/aromatic N) is 3. The number of aliphatic carboxylic acids is 1. The van der Waals surface area contributed by atoms with Crippen molar-refractivity contribution in [3.63, 3.8) is 0 Å². The molecule has 0 spiro atoms. The Balaban J connectivity index is 1.72. The average Bonchev–Trinajstić information content (AvgIpc) is 3.08. The minimum atomic E-state index is -1.28. The summed E-state index contributed by atoms with van der Waals surface area (Å²) in [5.74, 6) is -2.46. The number of hydrogen-bond donors (Lipinski definition) is 2. The first-order valence-corrected chi connectivity index (χ1v) is 10.1. The molecule has 2 aliphatic rings. The molecule has 0 saturated carbocycles. The van der Waals surface area contributed by atoms with Gasteiger partial charge in [-0.1, -0.05) is 0 Å². The van der Waals surface area contributed by atoms with Gasteiger partial charge in [-0.05, 0) is 22.9 Å². The molecule has 1 aromatic heterocycles. The monoisotopic (exact) mass is 472 g/mol. The Hall–Kier alpha value is -2.34. The highest BCUT2D eigenvalue weighted by atomic mass is 79.9. The van der Waals surface area contributed by atoms with Gasteiger partial charge in [-0.3, -0.25) is 24.0 Å². The van der Waals surface area contributed by atoms with Crippen LogP contribution in [0.25, 0.3) is 0 Å². The van der Waals surface area contributed by atoms with Gasteiger partial charge in [-0.2, -0.15) is 5.10 Å². The molecule has 3 atom stereocenters. The Kier molecular flexibility index (Phi) is 5.79. The molecule has 3 heterocycles. The summed E-state index contributed by atoms with van der Waals surface area (Å²) in [5, 5.41) is 15.7. The first kappa shape index (κ1) is 20.4. The number of β-lactam (4-membered cyclic amide) rings is 1. The van der Waals surface area contributed by atoms with E-state index in [0.29, 0.717) is 5.57 Å². The fourth-order valence-electron chi connectivity index (χ4n) is 2.90. The predicted molar refractivity (Wildman–Crippen MR) is 101 cm³/mol. The highest BCUT2D eigenvalue weighted by molar-refractivity contribution is 9.10. The van der Waals surface area contributed by atoms with Crippen LogP contribution in [0.4, 0.5) is 0 Å². The fraction of sp³-hybridized carbons (Fsp3) is 0.438. The molecular weight excluding hydrogens is 456 g/mol. The number of carbonyl (C=O) groups excluding carboxylic acids is 3. The second kappa shape index (κ2) is 7.95. The first-order valence-electron chi connectivity index (χ1n) is 8.24. The number of nitrogens with one attached hydrogen (secondary N) is 1. The first-order chi connectivity index (χ1) is 13.2. The van der Waals surface area contributed by atoms with Crippen LogP contribution < -0.4 is 5.32 Å². The number of rotatable bonds is 6. The molecule has 0 radical (unpaired) electrons. The standard InChI is InChI=1S/C16H17BrN4O6S/c1-7(20-4-10(17)3-18-20)13(23)19-11-14(24)21-12(16(25)26)9(5-27-8(2)22)6-28-15(11)21/h3-4,7,11,15H,5-6H2,1-2H3,(H,19,23)(H,25,26)/t7-,11-,15-/m0/s1. The summed E-state index contributed by atoms with van der Waals surface area (Å²) in [6.07, 6.45) is 3.19. The van der Waals surface area contributed by atoms with Crippen LogP contribution in [0.2, 0.25) is 0 Å². The predicted octanol–water partition coefficient (Wildman–Crippen LogP) is 0.508. The lowest BCUT2D eigenvalue weighted by atomic mass is 10.0. The molecule has 28 heavy (non-hydrogen) atoms. The normalized spacial score (nSPS) is 22.2. The molecule has 0 bridgehead atoms. The molecule has 0 unspecified atom stereocenters. The Bertz CT molecular complexity index is 884. The van der Waals surface area contributed by atoms with Gasteiger partial charge in [-0.15, -0.1) is 11.8 Å². The number of carboxylic acids is 1. The molecule has 10 nitrogen and oxygen atoms in total. The summed E-state index contributed by atoms with van der Waals surface area (Å²) >= 11 is 4.56. The third kappa shape index (κ3) is 3.78. The van der Waals surface area contributed by atoms with Crippen molar-refractivity contribution in [1.29, 1.82) is 0 Å². The minimum absolute atomic E-state index is 0.190. The van der Waals surface area contributed by atoms with Gasteiger partial charge in [-0.25, -0.2) is 4.79 Å². The van der Waals surface area contributed by atoms with Gasteiger partial charge in [0.15, 0.2) is 0 Å². The Labute approximate surface area is 172 Å².